The van der Waals surface area contributed by atoms with Gasteiger partial charge in [-0.15, -0.1) is 0 Å². The minimum atomic E-state index is -3.40. The van der Waals surface area contributed by atoms with Crippen molar-refractivity contribution in [2.24, 2.45) is 0 Å². The summed E-state index contributed by atoms with van der Waals surface area (Å²) in [5, 5.41) is 7.39. The molecule has 1 amide bonds. The summed E-state index contributed by atoms with van der Waals surface area (Å²) in [5.41, 5.74) is 1.86. The van der Waals surface area contributed by atoms with Crippen LogP contribution in [0.5, 0.6) is 5.75 Å². The second kappa shape index (κ2) is 8.36. The molecular formula is C22H22N4O4S2. The van der Waals surface area contributed by atoms with Crippen LogP contribution < -0.4 is 10.1 Å². The molecule has 10 heteroatoms. The molecule has 4 aromatic rings. The lowest BCUT2D eigenvalue weighted by molar-refractivity contribution is 0.102. The number of aryl methyl sites for hydroxylation is 1. The molecule has 4 rings (SSSR count). The van der Waals surface area contributed by atoms with E-state index in [0.717, 1.165) is 21.7 Å². The predicted molar refractivity (Wildman–Crippen MR) is 125 cm³/mol. The van der Waals surface area contributed by atoms with E-state index < -0.39 is 15.1 Å². The first kappa shape index (κ1) is 22.0. The highest BCUT2D eigenvalue weighted by molar-refractivity contribution is 7.92. The van der Waals surface area contributed by atoms with E-state index in [1.165, 1.54) is 35.6 Å². The topological polar surface area (TPSA) is 103 Å². The van der Waals surface area contributed by atoms with Gasteiger partial charge in [-0.25, -0.2) is 13.4 Å². The number of nitrogens with zero attached hydrogens (tertiary/aromatic N) is 3. The molecule has 166 valence electrons. The number of sulfone groups is 1. The summed E-state index contributed by atoms with van der Waals surface area (Å²) < 4.78 is 32.4. The van der Waals surface area contributed by atoms with Crippen LogP contribution in [0, 0.1) is 6.92 Å². The quantitative estimate of drug-likeness (QED) is 0.452. The fourth-order valence-corrected chi connectivity index (χ4v) is 5.12. The lowest BCUT2D eigenvalue weighted by atomic mass is 10.2. The van der Waals surface area contributed by atoms with Gasteiger partial charge < -0.3 is 10.1 Å². The number of thiazole rings is 1. The average molecular weight is 471 g/mol. The molecule has 2 aromatic heterocycles. The standard InChI is InChI=1S/C22H22N4O4S2/c1-13(2)32(28,29)17-8-5-15(6-9-17)21(27)24-20-11-14(3)25-26(20)22-23-18-10-7-16(30-4)12-19(18)31-22/h5-13H,1-4H3,(H,24,27). The number of ether oxygens (including phenoxy) is 1. The molecule has 0 atom stereocenters. The zero-order chi connectivity index (χ0) is 23.0. The first-order valence-corrected chi connectivity index (χ1v) is 12.2. The van der Waals surface area contributed by atoms with Gasteiger partial charge in [-0.1, -0.05) is 11.3 Å². The molecule has 32 heavy (non-hydrogen) atoms. The van der Waals surface area contributed by atoms with Crippen molar-refractivity contribution in [1.82, 2.24) is 14.8 Å². The third-order valence-electron chi connectivity index (χ3n) is 4.90. The van der Waals surface area contributed by atoms with Crippen molar-refractivity contribution in [2.45, 2.75) is 30.9 Å². The summed E-state index contributed by atoms with van der Waals surface area (Å²) in [4.78, 5) is 17.6. The third-order valence-corrected chi connectivity index (χ3v) is 8.07. The van der Waals surface area contributed by atoms with E-state index >= 15 is 0 Å². The molecule has 8 nitrogen and oxygen atoms in total. The molecule has 0 aliphatic heterocycles. The molecule has 0 bridgehead atoms. The van der Waals surface area contributed by atoms with Crippen LogP contribution >= 0.6 is 11.3 Å². The number of methoxy groups -OCH3 is 1. The zero-order valence-corrected chi connectivity index (χ0v) is 19.6. The fourth-order valence-electron chi connectivity index (χ4n) is 3.10. The molecule has 0 saturated heterocycles. The Hall–Kier alpha value is -3.24. The third kappa shape index (κ3) is 4.11. The van der Waals surface area contributed by atoms with Crippen molar-refractivity contribution >= 4 is 43.1 Å². The molecule has 0 fully saturated rings. The van der Waals surface area contributed by atoms with E-state index in [2.05, 4.69) is 15.4 Å². The number of hydrogen-bond donors (Lipinski definition) is 1. The minimum absolute atomic E-state index is 0.190. The van der Waals surface area contributed by atoms with E-state index in [0.29, 0.717) is 16.5 Å². The van der Waals surface area contributed by atoms with Gasteiger partial charge in [0.25, 0.3) is 5.91 Å². The summed E-state index contributed by atoms with van der Waals surface area (Å²) in [5.74, 6) is 0.834. The maximum Gasteiger partial charge on any atom is 0.256 e. The Morgan fingerprint density at radius 2 is 1.84 bits per heavy atom. The zero-order valence-electron chi connectivity index (χ0n) is 18.0. The molecule has 1 N–H and O–H groups in total. The molecule has 0 saturated carbocycles. The van der Waals surface area contributed by atoms with Crippen LogP contribution in [0.2, 0.25) is 0 Å². The monoisotopic (exact) mass is 470 g/mol. The van der Waals surface area contributed by atoms with Crippen LogP contribution in [0.4, 0.5) is 5.82 Å². The highest BCUT2D eigenvalue weighted by Gasteiger charge is 2.20. The number of anilines is 1. The van der Waals surface area contributed by atoms with Gasteiger partial charge in [0.15, 0.2) is 9.84 Å². The van der Waals surface area contributed by atoms with Gasteiger partial charge in [-0.05, 0) is 63.2 Å². The van der Waals surface area contributed by atoms with Crippen molar-refractivity contribution in [3.8, 4) is 10.9 Å². The molecule has 0 spiro atoms. The number of carbonyl (C=O) groups excluding carboxylic acids is 1. The second-order valence-electron chi connectivity index (χ2n) is 7.49. The lowest BCUT2D eigenvalue weighted by Crippen LogP contribution is -2.16. The van der Waals surface area contributed by atoms with Crippen molar-refractivity contribution in [1.29, 1.82) is 0 Å². The van der Waals surface area contributed by atoms with Crippen molar-refractivity contribution in [3.63, 3.8) is 0 Å². The van der Waals surface area contributed by atoms with Crippen LogP contribution in [0.15, 0.2) is 53.4 Å². The Bertz CT molecular complexity index is 1400. The van der Waals surface area contributed by atoms with Gasteiger partial charge in [-0.3, -0.25) is 4.79 Å². The van der Waals surface area contributed by atoms with Crippen LogP contribution in [0.3, 0.4) is 0 Å². The van der Waals surface area contributed by atoms with E-state index in [-0.39, 0.29) is 10.8 Å². The number of benzene rings is 2. The molecular weight excluding hydrogens is 448 g/mol. The van der Waals surface area contributed by atoms with Crippen LogP contribution in [-0.2, 0) is 9.84 Å². The van der Waals surface area contributed by atoms with E-state index in [1.54, 1.807) is 31.7 Å². The molecule has 0 aliphatic carbocycles. The molecule has 2 aromatic carbocycles. The first-order valence-electron chi connectivity index (χ1n) is 9.86. The van der Waals surface area contributed by atoms with Gasteiger partial charge in [0.05, 0.1) is 33.2 Å². The van der Waals surface area contributed by atoms with Gasteiger partial charge in [-0.2, -0.15) is 9.78 Å². The average Bonchev–Trinajstić information content (AvgIpc) is 3.35. The Morgan fingerprint density at radius 1 is 1.12 bits per heavy atom. The van der Waals surface area contributed by atoms with E-state index in [1.807, 2.05) is 25.1 Å². The molecule has 0 aliphatic rings. The van der Waals surface area contributed by atoms with Gasteiger partial charge >= 0.3 is 0 Å². The number of rotatable bonds is 6. The maximum atomic E-state index is 12.8. The summed E-state index contributed by atoms with van der Waals surface area (Å²) in [6, 6.07) is 13.3. The number of nitrogens with one attached hydrogen (secondary N) is 1. The first-order chi connectivity index (χ1) is 15.2. The summed E-state index contributed by atoms with van der Waals surface area (Å²) in [7, 11) is -1.79. The van der Waals surface area contributed by atoms with Crippen molar-refractivity contribution < 1.29 is 17.9 Å². The number of fused-ring (bicyclic) bond motifs is 1. The van der Waals surface area contributed by atoms with Crippen molar-refractivity contribution in [2.75, 3.05) is 12.4 Å². The SMILES string of the molecule is COc1ccc2nc(-n3nc(C)cc3NC(=O)c3ccc(S(=O)(=O)C(C)C)cc3)sc2c1. The number of hydrogen-bond acceptors (Lipinski definition) is 7. The minimum Gasteiger partial charge on any atom is -0.497 e. The number of aromatic nitrogens is 3. The van der Waals surface area contributed by atoms with E-state index in [4.69, 9.17) is 4.74 Å². The highest BCUT2D eigenvalue weighted by Crippen LogP contribution is 2.30. The lowest BCUT2D eigenvalue weighted by Gasteiger charge is -2.09. The Kier molecular flexibility index (Phi) is 5.74. The molecule has 0 radical (unpaired) electrons. The van der Waals surface area contributed by atoms with Gasteiger partial charge in [0.2, 0.25) is 5.13 Å². The van der Waals surface area contributed by atoms with Crippen LogP contribution in [0.25, 0.3) is 15.3 Å². The summed E-state index contributed by atoms with van der Waals surface area (Å²) >= 11 is 1.43. The van der Waals surface area contributed by atoms with Crippen LogP contribution in [0.1, 0.15) is 29.9 Å². The Morgan fingerprint density at radius 3 is 2.50 bits per heavy atom. The van der Waals surface area contributed by atoms with Gasteiger partial charge in [0, 0.05) is 11.6 Å². The molecule has 2 heterocycles. The molecule has 0 unspecified atom stereocenters. The normalized spacial score (nSPS) is 11.8. The number of amides is 1. The summed E-state index contributed by atoms with van der Waals surface area (Å²) in [6.45, 7) is 5.07. The van der Waals surface area contributed by atoms with Crippen LogP contribution in [-0.4, -0.2) is 41.4 Å². The van der Waals surface area contributed by atoms with Crippen molar-refractivity contribution in [3.05, 3.63) is 59.8 Å². The number of carbonyl (C=O) groups is 1. The van der Waals surface area contributed by atoms with E-state index in [9.17, 15) is 13.2 Å². The Labute approximate surface area is 189 Å². The highest BCUT2D eigenvalue weighted by atomic mass is 32.2. The smallest absolute Gasteiger partial charge is 0.256 e. The Balaban J connectivity index is 1.62. The second-order valence-corrected chi connectivity index (χ2v) is 11.0. The fraction of sp³-hybridized carbons (Fsp3) is 0.227. The van der Waals surface area contributed by atoms with Gasteiger partial charge in [0.1, 0.15) is 11.6 Å². The predicted octanol–water partition coefficient (Wildman–Crippen LogP) is 4.23. The summed E-state index contributed by atoms with van der Waals surface area (Å²) in [6.07, 6.45) is 0. The maximum absolute atomic E-state index is 12.8. The largest absolute Gasteiger partial charge is 0.497 e.